The molecule has 1 aromatic carbocycles. The molecule has 1 aliphatic rings. The van der Waals surface area contributed by atoms with Crippen LogP contribution in [-0.2, 0) is 4.74 Å². The summed E-state index contributed by atoms with van der Waals surface area (Å²) in [6, 6.07) is 8.53. The number of benzene rings is 1. The molecule has 0 amide bonds. The van der Waals surface area contributed by atoms with E-state index in [4.69, 9.17) is 4.74 Å². The van der Waals surface area contributed by atoms with E-state index < -0.39 is 5.97 Å². The molecule has 0 aliphatic carbocycles. The number of carbonyl (C=O) groups is 1. The van der Waals surface area contributed by atoms with Crippen molar-refractivity contribution in [2.75, 3.05) is 36.5 Å². The van der Waals surface area contributed by atoms with Crippen LogP contribution in [-0.4, -0.2) is 47.3 Å². The Morgan fingerprint density at radius 2 is 2.00 bits per heavy atom. The quantitative estimate of drug-likeness (QED) is 0.889. The van der Waals surface area contributed by atoms with E-state index in [1.807, 2.05) is 6.07 Å². The summed E-state index contributed by atoms with van der Waals surface area (Å²) in [6.07, 6.45) is 1.47. The zero-order valence-corrected chi connectivity index (χ0v) is 11.9. The lowest BCUT2D eigenvalue weighted by molar-refractivity contribution is 0.0698. The number of carboxylic acids is 1. The van der Waals surface area contributed by atoms with Crippen molar-refractivity contribution in [2.45, 2.75) is 0 Å². The Morgan fingerprint density at radius 3 is 2.77 bits per heavy atom. The molecular weight excluding hydrogens is 284 g/mol. The maximum atomic E-state index is 11.2. The number of anilines is 3. The maximum Gasteiger partial charge on any atom is 0.337 e. The molecule has 1 aromatic heterocycles. The minimum Gasteiger partial charge on any atom is -0.478 e. The van der Waals surface area contributed by atoms with E-state index in [1.165, 1.54) is 6.33 Å². The molecule has 1 fully saturated rings. The zero-order chi connectivity index (χ0) is 15.4. The van der Waals surface area contributed by atoms with Crippen molar-refractivity contribution < 1.29 is 14.6 Å². The fourth-order valence-electron chi connectivity index (χ4n) is 2.30. The normalized spacial score (nSPS) is 14.6. The molecule has 0 saturated carbocycles. The Labute approximate surface area is 127 Å². The number of aromatic carboxylic acids is 1. The van der Waals surface area contributed by atoms with Gasteiger partial charge in [0.15, 0.2) is 0 Å². The van der Waals surface area contributed by atoms with Crippen LogP contribution >= 0.6 is 0 Å². The van der Waals surface area contributed by atoms with Crippen LogP contribution in [0.3, 0.4) is 0 Å². The van der Waals surface area contributed by atoms with Gasteiger partial charge in [0.2, 0.25) is 0 Å². The van der Waals surface area contributed by atoms with Crippen LogP contribution in [0.1, 0.15) is 10.4 Å². The average Bonchev–Trinajstić information content (AvgIpc) is 2.56. The van der Waals surface area contributed by atoms with E-state index in [2.05, 4.69) is 20.2 Å². The molecule has 7 nitrogen and oxygen atoms in total. The first kappa shape index (κ1) is 14.3. The van der Waals surface area contributed by atoms with Crippen molar-refractivity contribution in [1.29, 1.82) is 0 Å². The van der Waals surface area contributed by atoms with E-state index >= 15 is 0 Å². The Hall–Kier alpha value is -2.67. The van der Waals surface area contributed by atoms with Crippen molar-refractivity contribution in [2.24, 2.45) is 0 Å². The topological polar surface area (TPSA) is 87.6 Å². The highest BCUT2D eigenvalue weighted by Crippen LogP contribution is 2.22. The van der Waals surface area contributed by atoms with E-state index in [9.17, 15) is 9.90 Å². The molecule has 2 heterocycles. The third-order valence-corrected chi connectivity index (χ3v) is 3.41. The van der Waals surface area contributed by atoms with Crippen LogP contribution in [0, 0.1) is 0 Å². The fraction of sp³-hybridized carbons (Fsp3) is 0.267. The molecule has 7 heteroatoms. The monoisotopic (exact) mass is 300 g/mol. The second-order valence-corrected chi connectivity index (χ2v) is 4.84. The van der Waals surface area contributed by atoms with Crippen molar-refractivity contribution in [3.05, 3.63) is 42.2 Å². The number of hydrogen-bond donors (Lipinski definition) is 2. The highest BCUT2D eigenvalue weighted by Gasteiger charge is 2.14. The van der Waals surface area contributed by atoms with Gasteiger partial charge in [0.25, 0.3) is 0 Å². The van der Waals surface area contributed by atoms with Crippen LogP contribution in [0.5, 0.6) is 0 Å². The van der Waals surface area contributed by atoms with Gasteiger partial charge in [-0.1, -0.05) is 12.1 Å². The first-order valence-electron chi connectivity index (χ1n) is 6.98. The molecule has 0 unspecified atom stereocenters. The van der Waals surface area contributed by atoms with Gasteiger partial charge in [-0.05, 0) is 12.1 Å². The van der Waals surface area contributed by atoms with E-state index in [1.54, 1.807) is 24.3 Å². The lowest BCUT2D eigenvalue weighted by Crippen LogP contribution is -2.36. The third-order valence-electron chi connectivity index (χ3n) is 3.41. The van der Waals surface area contributed by atoms with Gasteiger partial charge in [-0.25, -0.2) is 14.8 Å². The molecule has 0 atom stereocenters. The largest absolute Gasteiger partial charge is 0.478 e. The number of hydrogen-bond acceptors (Lipinski definition) is 6. The smallest absolute Gasteiger partial charge is 0.337 e. The molecular formula is C15H16N4O3. The predicted molar refractivity (Wildman–Crippen MR) is 81.7 cm³/mol. The fourth-order valence-corrected chi connectivity index (χ4v) is 2.30. The summed E-state index contributed by atoms with van der Waals surface area (Å²) < 4.78 is 5.32. The summed E-state index contributed by atoms with van der Waals surface area (Å²) in [5.41, 5.74) is 0.704. The summed E-state index contributed by atoms with van der Waals surface area (Å²) in [5.74, 6) is 0.379. The number of morpholine rings is 1. The summed E-state index contributed by atoms with van der Waals surface area (Å²) >= 11 is 0. The number of nitrogens with zero attached hydrogens (tertiary/aromatic N) is 3. The van der Waals surface area contributed by atoms with Crippen LogP contribution in [0.4, 0.5) is 17.3 Å². The van der Waals surface area contributed by atoms with Gasteiger partial charge in [-0.2, -0.15) is 0 Å². The first-order valence-corrected chi connectivity index (χ1v) is 6.98. The molecule has 2 N–H and O–H groups in total. The molecule has 1 saturated heterocycles. The van der Waals surface area contributed by atoms with Crippen molar-refractivity contribution in [3.63, 3.8) is 0 Å². The molecule has 114 valence electrons. The summed E-state index contributed by atoms with van der Waals surface area (Å²) in [4.78, 5) is 21.8. The summed E-state index contributed by atoms with van der Waals surface area (Å²) in [6.45, 7) is 2.91. The standard InChI is InChI=1S/C15H16N4O3/c20-15(21)11-3-1-2-4-12(11)18-13-9-14(17-10-16-13)19-5-7-22-8-6-19/h1-4,9-10H,5-8H2,(H,20,21)(H,16,17,18). The first-order chi connectivity index (χ1) is 10.7. The Morgan fingerprint density at radius 1 is 1.23 bits per heavy atom. The number of nitrogens with one attached hydrogen (secondary N) is 1. The molecule has 1 aliphatic heterocycles. The minimum atomic E-state index is -0.981. The summed E-state index contributed by atoms with van der Waals surface area (Å²) in [5, 5.41) is 12.3. The van der Waals surface area contributed by atoms with Crippen LogP contribution in [0.25, 0.3) is 0 Å². The van der Waals surface area contributed by atoms with Gasteiger partial charge >= 0.3 is 5.97 Å². The second kappa shape index (κ2) is 6.40. The van der Waals surface area contributed by atoms with Gasteiger partial charge in [0, 0.05) is 19.2 Å². The van der Waals surface area contributed by atoms with Gasteiger partial charge < -0.3 is 20.1 Å². The highest BCUT2D eigenvalue weighted by atomic mass is 16.5. The summed E-state index contributed by atoms with van der Waals surface area (Å²) in [7, 11) is 0. The van der Waals surface area contributed by atoms with Gasteiger partial charge in [-0.15, -0.1) is 0 Å². The Balaban J connectivity index is 1.82. The number of aromatic nitrogens is 2. The van der Waals surface area contributed by atoms with Crippen molar-refractivity contribution >= 4 is 23.3 Å². The molecule has 2 aromatic rings. The Kier molecular flexibility index (Phi) is 4.15. The number of rotatable bonds is 4. The SMILES string of the molecule is O=C(O)c1ccccc1Nc1cc(N2CCOCC2)ncn1. The van der Waals surface area contributed by atoms with Crippen LogP contribution in [0.2, 0.25) is 0 Å². The van der Waals surface area contributed by atoms with E-state index in [-0.39, 0.29) is 5.56 Å². The average molecular weight is 300 g/mol. The molecule has 22 heavy (non-hydrogen) atoms. The Bertz CT molecular complexity index is 671. The van der Waals surface area contributed by atoms with Crippen molar-refractivity contribution in [3.8, 4) is 0 Å². The van der Waals surface area contributed by atoms with Gasteiger partial charge in [-0.3, -0.25) is 0 Å². The number of para-hydroxylation sites is 1. The lowest BCUT2D eigenvalue weighted by atomic mass is 10.2. The zero-order valence-electron chi connectivity index (χ0n) is 11.9. The second-order valence-electron chi connectivity index (χ2n) is 4.84. The minimum absolute atomic E-state index is 0.203. The maximum absolute atomic E-state index is 11.2. The van der Waals surface area contributed by atoms with Gasteiger partial charge in [0.1, 0.15) is 18.0 Å². The third kappa shape index (κ3) is 3.15. The molecule has 0 spiro atoms. The predicted octanol–water partition coefficient (Wildman–Crippen LogP) is 1.75. The molecule has 3 rings (SSSR count). The lowest BCUT2D eigenvalue weighted by Gasteiger charge is -2.27. The molecule has 0 bridgehead atoms. The van der Waals surface area contributed by atoms with Crippen LogP contribution < -0.4 is 10.2 Å². The molecule has 0 radical (unpaired) electrons. The van der Waals surface area contributed by atoms with Crippen LogP contribution in [0.15, 0.2) is 36.7 Å². The van der Waals surface area contributed by atoms with Gasteiger partial charge in [0.05, 0.1) is 24.5 Å². The highest BCUT2D eigenvalue weighted by molar-refractivity contribution is 5.95. The van der Waals surface area contributed by atoms with E-state index in [0.717, 1.165) is 18.9 Å². The number of ether oxygens (including phenoxy) is 1. The number of carboxylic acid groups (broad SMARTS) is 1. The van der Waals surface area contributed by atoms with Crippen molar-refractivity contribution in [1.82, 2.24) is 9.97 Å². The van der Waals surface area contributed by atoms with E-state index in [0.29, 0.717) is 24.7 Å².